The van der Waals surface area contributed by atoms with Crippen molar-refractivity contribution in [1.82, 2.24) is 15.2 Å². The Morgan fingerprint density at radius 2 is 2.43 bits per heavy atom. The summed E-state index contributed by atoms with van der Waals surface area (Å²) in [6.07, 6.45) is 2.57. The fourth-order valence-corrected chi connectivity index (χ4v) is 3.89. The number of nitrogens with one attached hydrogen (secondary N) is 1. The summed E-state index contributed by atoms with van der Waals surface area (Å²) in [7, 11) is 2.02. The molecule has 1 fully saturated rings. The predicted molar refractivity (Wildman–Crippen MR) is 87.7 cm³/mol. The van der Waals surface area contributed by atoms with Crippen molar-refractivity contribution in [2.45, 2.75) is 33.2 Å². The van der Waals surface area contributed by atoms with E-state index in [4.69, 9.17) is 0 Å². The van der Waals surface area contributed by atoms with Crippen molar-refractivity contribution in [2.24, 2.45) is 5.92 Å². The third kappa shape index (κ3) is 4.49. The molecule has 5 nitrogen and oxygen atoms in total. The number of piperidine rings is 1. The number of hydrogen-bond donors (Lipinski definition) is 1. The molecule has 1 saturated heterocycles. The standard InChI is InChI=1S/C15H26N4OS/c1-4-19(12(2)20)15-17-14(11-21-15)10-18-7-5-6-13(9-18)8-16-3/h11,13,16H,4-10H2,1-3H3. The first-order chi connectivity index (χ1) is 10.1. The van der Waals surface area contributed by atoms with Gasteiger partial charge in [-0.3, -0.25) is 14.6 Å². The Balaban J connectivity index is 1.94. The number of rotatable bonds is 6. The van der Waals surface area contributed by atoms with Gasteiger partial charge >= 0.3 is 0 Å². The van der Waals surface area contributed by atoms with E-state index in [1.807, 2.05) is 14.0 Å². The van der Waals surface area contributed by atoms with Crippen LogP contribution < -0.4 is 10.2 Å². The maximum Gasteiger partial charge on any atom is 0.225 e. The number of likely N-dealkylation sites (tertiary alicyclic amines) is 1. The van der Waals surface area contributed by atoms with E-state index >= 15 is 0 Å². The lowest BCUT2D eigenvalue weighted by molar-refractivity contribution is -0.116. The van der Waals surface area contributed by atoms with Gasteiger partial charge in [0.25, 0.3) is 0 Å². The average Bonchev–Trinajstić information content (AvgIpc) is 2.88. The van der Waals surface area contributed by atoms with Crippen molar-refractivity contribution in [1.29, 1.82) is 0 Å². The number of thiazole rings is 1. The highest BCUT2D eigenvalue weighted by molar-refractivity contribution is 7.14. The highest BCUT2D eigenvalue weighted by atomic mass is 32.1. The second-order valence-corrected chi connectivity index (χ2v) is 6.52. The molecule has 6 heteroatoms. The summed E-state index contributed by atoms with van der Waals surface area (Å²) in [5, 5.41) is 6.19. The van der Waals surface area contributed by atoms with E-state index < -0.39 is 0 Å². The first-order valence-corrected chi connectivity index (χ1v) is 8.61. The molecule has 1 aromatic heterocycles. The van der Waals surface area contributed by atoms with Gasteiger partial charge in [-0.15, -0.1) is 11.3 Å². The lowest BCUT2D eigenvalue weighted by atomic mass is 9.98. The number of carbonyl (C=O) groups is 1. The summed E-state index contributed by atoms with van der Waals surface area (Å²) in [6.45, 7) is 8.53. The highest BCUT2D eigenvalue weighted by Gasteiger charge is 2.21. The number of anilines is 1. The molecule has 1 aliphatic rings. The van der Waals surface area contributed by atoms with Crippen LogP contribution in [-0.4, -0.2) is 49.0 Å². The normalized spacial score (nSPS) is 19.7. The molecule has 21 heavy (non-hydrogen) atoms. The molecular formula is C15H26N4OS. The van der Waals surface area contributed by atoms with Gasteiger partial charge in [0.05, 0.1) is 5.69 Å². The number of hydrogen-bond acceptors (Lipinski definition) is 5. The van der Waals surface area contributed by atoms with E-state index in [2.05, 4.69) is 20.6 Å². The summed E-state index contributed by atoms with van der Waals surface area (Å²) >= 11 is 1.57. The number of aromatic nitrogens is 1. The smallest absolute Gasteiger partial charge is 0.225 e. The maximum absolute atomic E-state index is 11.6. The summed E-state index contributed by atoms with van der Waals surface area (Å²) < 4.78 is 0. The van der Waals surface area contributed by atoms with Crippen LogP contribution in [0.1, 0.15) is 32.4 Å². The van der Waals surface area contributed by atoms with Crippen molar-refractivity contribution in [3.05, 3.63) is 11.1 Å². The topological polar surface area (TPSA) is 48.5 Å². The molecule has 1 amide bonds. The quantitative estimate of drug-likeness (QED) is 0.872. The molecule has 0 saturated carbocycles. The number of carbonyl (C=O) groups excluding carboxylic acids is 1. The van der Waals surface area contributed by atoms with E-state index in [-0.39, 0.29) is 5.91 Å². The Labute approximate surface area is 131 Å². The van der Waals surface area contributed by atoms with Crippen LogP contribution >= 0.6 is 11.3 Å². The fourth-order valence-electron chi connectivity index (χ4n) is 2.96. The minimum atomic E-state index is 0.0606. The van der Waals surface area contributed by atoms with Gasteiger partial charge in [0.15, 0.2) is 5.13 Å². The van der Waals surface area contributed by atoms with E-state index in [1.54, 1.807) is 23.2 Å². The molecule has 0 bridgehead atoms. The van der Waals surface area contributed by atoms with Gasteiger partial charge in [0, 0.05) is 31.9 Å². The Bertz CT molecular complexity index is 460. The van der Waals surface area contributed by atoms with Gasteiger partial charge in [-0.25, -0.2) is 4.98 Å². The molecule has 0 spiro atoms. The fraction of sp³-hybridized carbons (Fsp3) is 0.733. The van der Waals surface area contributed by atoms with Crippen molar-refractivity contribution in [3.8, 4) is 0 Å². The Morgan fingerprint density at radius 1 is 1.62 bits per heavy atom. The summed E-state index contributed by atoms with van der Waals surface area (Å²) in [5.41, 5.74) is 1.08. The van der Waals surface area contributed by atoms with Crippen LogP contribution in [0.3, 0.4) is 0 Å². The molecule has 1 aliphatic heterocycles. The van der Waals surface area contributed by atoms with Gasteiger partial charge in [0.1, 0.15) is 0 Å². The largest absolute Gasteiger partial charge is 0.319 e. The maximum atomic E-state index is 11.6. The number of amides is 1. The van der Waals surface area contributed by atoms with Crippen LogP contribution in [0.15, 0.2) is 5.38 Å². The molecule has 118 valence electrons. The highest BCUT2D eigenvalue weighted by Crippen LogP contribution is 2.23. The molecule has 2 rings (SSSR count). The van der Waals surface area contributed by atoms with Crippen LogP contribution in [0.4, 0.5) is 5.13 Å². The minimum Gasteiger partial charge on any atom is -0.319 e. The zero-order chi connectivity index (χ0) is 15.2. The monoisotopic (exact) mass is 310 g/mol. The van der Waals surface area contributed by atoms with Crippen LogP contribution in [0, 0.1) is 5.92 Å². The lowest BCUT2D eigenvalue weighted by Crippen LogP contribution is -2.38. The Kier molecular flexibility index (Phi) is 6.14. The molecule has 0 radical (unpaired) electrons. The van der Waals surface area contributed by atoms with Crippen molar-refractivity contribution >= 4 is 22.4 Å². The van der Waals surface area contributed by atoms with E-state index in [0.717, 1.165) is 42.9 Å². The lowest BCUT2D eigenvalue weighted by Gasteiger charge is -2.32. The molecule has 0 aliphatic carbocycles. The van der Waals surface area contributed by atoms with E-state index in [0.29, 0.717) is 6.54 Å². The van der Waals surface area contributed by atoms with Crippen LogP contribution in [-0.2, 0) is 11.3 Å². The molecule has 1 aromatic rings. The van der Waals surface area contributed by atoms with Gasteiger partial charge in [-0.1, -0.05) is 0 Å². The summed E-state index contributed by atoms with van der Waals surface area (Å²) in [4.78, 5) is 20.4. The van der Waals surface area contributed by atoms with Crippen molar-refractivity contribution in [2.75, 3.05) is 38.1 Å². The zero-order valence-electron chi connectivity index (χ0n) is 13.3. The first kappa shape index (κ1) is 16.4. The average molecular weight is 310 g/mol. The van der Waals surface area contributed by atoms with Crippen LogP contribution in [0.2, 0.25) is 0 Å². The summed E-state index contributed by atoms with van der Waals surface area (Å²) in [5.74, 6) is 0.802. The molecule has 1 N–H and O–H groups in total. The molecule has 1 atom stereocenters. The SMILES string of the molecule is CCN(C(C)=O)c1nc(CN2CCCC(CNC)C2)cs1. The van der Waals surface area contributed by atoms with Crippen LogP contribution in [0.25, 0.3) is 0 Å². The second kappa shape index (κ2) is 7.87. The molecule has 0 aromatic carbocycles. The van der Waals surface area contributed by atoms with E-state index in [1.165, 1.54) is 12.8 Å². The predicted octanol–water partition coefficient (Wildman–Crippen LogP) is 1.95. The zero-order valence-corrected chi connectivity index (χ0v) is 14.1. The van der Waals surface area contributed by atoms with Gasteiger partial charge in [-0.2, -0.15) is 0 Å². The summed E-state index contributed by atoms with van der Waals surface area (Å²) in [6, 6.07) is 0. The second-order valence-electron chi connectivity index (χ2n) is 5.69. The van der Waals surface area contributed by atoms with Crippen molar-refractivity contribution < 1.29 is 4.79 Å². The number of nitrogens with zero attached hydrogens (tertiary/aromatic N) is 3. The first-order valence-electron chi connectivity index (χ1n) is 7.73. The minimum absolute atomic E-state index is 0.0606. The van der Waals surface area contributed by atoms with Gasteiger partial charge in [-0.05, 0) is 45.8 Å². The molecular weight excluding hydrogens is 284 g/mol. The Hall–Kier alpha value is -0.980. The molecule has 1 unspecified atom stereocenters. The van der Waals surface area contributed by atoms with E-state index in [9.17, 15) is 4.79 Å². The third-order valence-electron chi connectivity index (χ3n) is 3.95. The molecule has 2 heterocycles. The Morgan fingerprint density at radius 3 is 3.10 bits per heavy atom. The third-order valence-corrected chi connectivity index (χ3v) is 4.86. The van der Waals surface area contributed by atoms with Gasteiger partial charge < -0.3 is 5.32 Å². The van der Waals surface area contributed by atoms with Crippen LogP contribution in [0.5, 0.6) is 0 Å². The van der Waals surface area contributed by atoms with Gasteiger partial charge in [0.2, 0.25) is 5.91 Å². The van der Waals surface area contributed by atoms with Crippen molar-refractivity contribution in [3.63, 3.8) is 0 Å².